The van der Waals surface area contributed by atoms with E-state index >= 15 is 0 Å². The number of nitrogens with zero attached hydrogens (tertiary/aromatic N) is 2. The molecule has 2 saturated heterocycles. The van der Waals surface area contributed by atoms with Crippen LogP contribution in [0.3, 0.4) is 0 Å². The zero-order valence-electron chi connectivity index (χ0n) is 12.8. The quantitative estimate of drug-likeness (QED) is 0.912. The Morgan fingerprint density at radius 3 is 2.64 bits per heavy atom. The summed E-state index contributed by atoms with van der Waals surface area (Å²) in [5, 5.41) is 4.02. The first-order valence-electron chi connectivity index (χ1n) is 7.73. The maximum atomic E-state index is 12.5. The second-order valence-electron chi connectivity index (χ2n) is 5.82. The lowest BCUT2D eigenvalue weighted by atomic mass is 10.1. The van der Waals surface area contributed by atoms with Gasteiger partial charge in [0.1, 0.15) is 0 Å². The van der Waals surface area contributed by atoms with E-state index in [4.69, 9.17) is 16.3 Å². The number of hydrogen-bond donors (Lipinski definition) is 1. The highest BCUT2D eigenvalue weighted by Gasteiger charge is 2.33. The molecule has 6 heteroatoms. The summed E-state index contributed by atoms with van der Waals surface area (Å²) in [6, 6.07) is 7.76. The van der Waals surface area contributed by atoms with Crippen molar-refractivity contribution < 1.29 is 9.53 Å². The zero-order chi connectivity index (χ0) is 15.5. The Hall–Kier alpha value is -1.30. The van der Waals surface area contributed by atoms with Gasteiger partial charge in [-0.25, -0.2) is 0 Å². The first-order valence-corrected chi connectivity index (χ1v) is 8.11. The average molecular weight is 324 g/mol. The van der Waals surface area contributed by atoms with Gasteiger partial charge in [0.25, 0.3) is 0 Å². The standard InChI is InChI=1S/C16H22ClN3O2/c1-22-12-10-14(18-11-12)16(21)20-8-6-19(7-9-20)15-5-3-2-4-13(15)17/h2-5,12,14,18H,6-11H2,1H3/t12-,14-/m0/s1. The summed E-state index contributed by atoms with van der Waals surface area (Å²) in [5.74, 6) is 0.193. The van der Waals surface area contributed by atoms with Gasteiger partial charge < -0.3 is 19.9 Å². The van der Waals surface area contributed by atoms with Crippen molar-refractivity contribution in [3.05, 3.63) is 29.3 Å². The van der Waals surface area contributed by atoms with Crippen LogP contribution in [0.2, 0.25) is 5.02 Å². The fourth-order valence-corrected chi connectivity index (χ4v) is 3.42. The number of halogens is 1. The molecule has 120 valence electrons. The first-order chi connectivity index (χ1) is 10.7. The Morgan fingerprint density at radius 1 is 1.27 bits per heavy atom. The number of rotatable bonds is 3. The number of amides is 1. The maximum absolute atomic E-state index is 12.5. The van der Waals surface area contributed by atoms with Crippen molar-refractivity contribution in [3.63, 3.8) is 0 Å². The van der Waals surface area contributed by atoms with E-state index in [0.29, 0.717) is 0 Å². The highest BCUT2D eigenvalue weighted by molar-refractivity contribution is 6.33. The molecule has 3 rings (SSSR count). The summed E-state index contributed by atoms with van der Waals surface area (Å²) in [7, 11) is 1.70. The second-order valence-corrected chi connectivity index (χ2v) is 6.23. The topological polar surface area (TPSA) is 44.8 Å². The number of nitrogens with one attached hydrogen (secondary N) is 1. The number of carbonyl (C=O) groups excluding carboxylic acids is 1. The molecule has 2 atom stereocenters. The zero-order valence-corrected chi connectivity index (χ0v) is 13.6. The van der Waals surface area contributed by atoms with E-state index in [1.807, 2.05) is 29.2 Å². The monoisotopic (exact) mass is 323 g/mol. The SMILES string of the molecule is CO[C@@H]1CN[C@H](C(=O)N2CCN(c3ccccc3Cl)CC2)C1. The minimum Gasteiger partial charge on any atom is -0.380 e. The predicted octanol–water partition coefficient (Wildman–Crippen LogP) is 1.37. The molecule has 22 heavy (non-hydrogen) atoms. The third-order valence-corrected chi connectivity index (χ3v) is 4.83. The average Bonchev–Trinajstić information content (AvgIpc) is 3.04. The Balaban J connectivity index is 1.56. The molecule has 0 spiro atoms. The number of carbonyl (C=O) groups is 1. The van der Waals surface area contributed by atoms with Gasteiger partial charge in [-0.15, -0.1) is 0 Å². The van der Waals surface area contributed by atoms with Crippen molar-refractivity contribution in [3.8, 4) is 0 Å². The molecule has 2 fully saturated rings. The normalized spacial score (nSPS) is 25.5. The number of hydrogen-bond acceptors (Lipinski definition) is 4. The van der Waals surface area contributed by atoms with Crippen LogP contribution in [0.5, 0.6) is 0 Å². The largest absolute Gasteiger partial charge is 0.380 e. The molecular formula is C16H22ClN3O2. The summed E-state index contributed by atoms with van der Waals surface area (Å²) in [6.45, 7) is 3.86. The second kappa shape index (κ2) is 6.86. The Bertz CT molecular complexity index is 532. The number of para-hydroxylation sites is 1. The van der Waals surface area contributed by atoms with Gasteiger partial charge in [0.15, 0.2) is 0 Å². The Labute approximate surface area is 136 Å². The van der Waals surface area contributed by atoms with Crippen LogP contribution in [0.4, 0.5) is 5.69 Å². The van der Waals surface area contributed by atoms with Gasteiger partial charge in [0.05, 0.1) is 22.9 Å². The van der Waals surface area contributed by atoms with E-state index in [9.17, 15) is 4.79 Å². The van der Waals surface area contributed by atoms with Gasteiger partial charge in [0, 0.05) is 39.8 Å². The molecule has 1 aromatic carbocycles. The van der Waals surface area contributed by atoms with Gasteiger partial charge in [-0.05, 0) is 18.6 Å². The van der Waals surface area contributed by atoms with Gasteiger partial charge >= 0.3 is 0 Å². The van der Waals surface area contributed by atoms with Gasteiger partial charge in [-0.1, -0.05) is 23.7 Å². The van der Waals surface area contributed by atoms with Crippen molar-refractivity contribution in [2.75, 3.05) is 44.7 Å². The van der Waals surface area contributed by atoms with E-state index in [1.165, 1.54) is 0 Å². The molecule has 2 heterocycles. The highest BCUT2D eigenvalue weighted by atomic mass is 35.5. The van der Waals surface area contributed by atoms with Crippen LogP contribution >= 0.6 is 11.6 Å². The van der Waals surface area contributed by atoms with E-state index in [0.717, 1.165) is 49.9 Å². The first kappa shape index (κ1) is 15.6. The molecule has 2 aliphatic heterocycles. The fraction of sp³-hybridized carbons (Fsp3) is 0.562. The van der Waals surface area contributed by atoms with Crippen LogP contribution in [0.25, 0.3) is 0 Å². The predicted molar refractivity (Wildman–Crippen MR) is 87.4 cm³/mol. The number of anilines is 1. The van der Waals surface area contributed by atoms with Crippen molar-refractivity contribution in [2.24, 2.45) is 0 Å². The van der Waals surface area contributed by atoms with Gasteiger partial charge in [0.2, 0.25) is 5.91 Å². The molecule has 0 saturated carbocycles. The van der Waals surface area contributed by atoms with Crippen LogP contribution in [-0.2, 0) is 9.53 Å². The highest BCUT2D eigenvalue weighted by Crippen LogP contribution is 2.26. The number of piperazine rings is 1. The third-order valence-electron chi connectivity index (χ3n) is 4.51. The van der Waals surface area contributed by atoms with E-state index in [-0.39, 0.29) is 18.1 Å². The van der Waals surface area contributed by atoms with Crippen LogP contribution in [0, 0.1) is 0 Å². The van der Waals surface area contributed by atoms with Crippen LogP contribution < -0.4 is 10.2 Å². The van der Waals surface area contributed by atoms with E-state index < -0.39 is 0 Å². The van der Waals surface area contributed by atoms with Crippen LogP contribution in [0.1, 0.15) is 6.42 Å². The molecule has 0 aromatic heterocycles. The minimum atomic E-state index is -0.100. The van der Waals surface area contributed by atoms with Gasteiger partial charge in [-0.2, -0.15) is 0 Å². The van der Waals surface area contributed by atoms with Crippen molar-refractivity contribution in [1.29, 1.82) is 0 Å². The summed E-state index contributed by atoms with van der Waals surface area (Å²) >= 11 is 6.25. The summed E-state index contributed by atoms with van der Waals surface area (Å²) in [6.07, 6.45) is 0.915. The summed E-state index contributed by atoms with van der Waals surface area (Å²) in [4.78, 5) is 16.7. The van der Waals surface area contributed by atoms with E-state index in [2.05, 4.69) is 10.2 Å². The lowest BCUT2D eigenvalue weighted by Crippen LogP contribution is -2.53. The molecule has 1 N–H and O–H groups in total. The van der Waals surface area contributed by atoms with E-state index in [1.54, 1.807) is 7.11 Å². The lowest BCUT2D eigenvalue weighted by Gasteiger charge is -2.37. The molecule has 1 amide bonds. The summed E-state index contributed by atoms with van der Waals surface area (Å²) in [5.41, 5.74) is 1.05. The molecule has 1 aromatic rings. The molecule has 0 radical (unpaired) electrons. The van der Waals surface area contributed by atoms with Crippen molar-refractivity contribution >= 4 is 23.2 Å². The number of methoxy groups -OCH3 is 1. The molecule has 5 nitrogen and oxygen atoms in total. The summed E-state index contributed by atoms with van der Waals surface area (Å²) < 4.78 is 5.31. The third kappa shape index (κ3) is 3.21. The molecule has 0 aliphatic carbocycles. The maximum Gasteiger partial charge on any atom is 0.239 e. The number of ether oxygens (including phenoxy) is 1. The molecule has 0 unspecified atom stereocenters. The Kier molecular flexibility index (Phi) is 4.86. The van der Waals surface area contributed by atoms with Crippen LogP contribution in [-0.4, -0.2) is 62.8 Å². The number of benzene rings is 1. The molecule has 2 aliphatic rings. The van der Waals surface area contributed by atoms with Crippen molar-refractivity contribution in [1.82, 2.24) is 10.2 Å². The van der Waals surface area contributed by atoms with Gasteiger partial charge in [-0.3, -0.25) is 4.79 Å². The fourth-order valence-electron chi connectivity index (χ4n) is 3.17. The molecular weight excluding hydrogens is 302 g/mol. The molecule has 0 bridgehead atoms. The smallest absolute Gasteiger partial charge is 0.239 e. The van der Waals surface area contributed by atoms with Crippen molar-refractivity contribution in [2.45, 2.75) is 18.6 Å². The lowest BCUT2D eigenvalue weighted by molar-refractivity contribution is -0.133. The Morgan fingerprint density at radius 2 is 2.00 bits per heavy atom. The van der Waals surface area contributed by atoms with Crippen LogP contribution in [0.15, 0.2) is 24.3 Å². The minimum absolute atomic E-state index is 0.100.